The van der Waals surface area contributed by atoms with Gasteiger partial charge in [-0.15, -0.1) is 0 Å². The van der Waals surface area contributed by atoms with Crippen LogP contribution in [0.3, 0.4) is 0 Å². The minimum absolute atomic E-state index is 0.0646. The van der Waals surface area contributed by atoms with Gasteiger partial charge >= 0.3 is 0 Å². The summed E-state index contributed by atoms with van der Waals surface area (Å²) in [5.41, 5.74) is 11.8. The zero-order valence-electron chi connectivity index (χ0n) is 13.7. The molecule has 0 fully saturated rings. The summed E-state index contributed by atoms with van der Waals surface area (Å²) >= 11 is 0. The number of nitrogens with two attached hydrogens (primary N) is 1. The van der Waals surface area contributed by atoms with E-state index in [1.54, 1.807) is 6.07 Å². The molecule has 3 heteroatoms. The smallest absolute Gasteiger partial charge is 0.251 e. The van der Waals surface area contributed by atoms with Crippen molar-refractivity contribution in [2.75, 3.05) is 5.73 Å². The van der Waals surface area contributed by atoms with Crippen LogP contribution >= 0.6 is 0 Å². The Labute approximate surface area is 132 Å². The van der Waals surface area contributed by atoms with Crippen molar-refractivity contribution in [2.24, 2.45) is 0 Å². The maximum Gasteiger partial charge on any atom is 0.251 e. The van der Waals surface area contributed by atoms with Crippen LogP contribution in [0.1, 0.15) is 39.5 Å². The Kier molecular flexibility index (Phi) is 4.86. The monoisotopic (exact) mass is 296 g/mol. The molecule has 2 aromatic carbocycles. The Morgan fingerprint density at radius 1 is 1.09 bits per heavy atom. The quantitative estimate of drug-likeness (QED) is 0.848. The number of carbonyl (C=O) groups excluding carboxylic acids is 1. The van der Waals surface area contributed by atoms with E-state index >= 15 is 0 Å². The van der Waals surface area contributed by atoms with E-state index in [1.807, 2.05) is 26.0 Å². The number of nitrogen functional groups attached to an aromatic ring is 1. The number of amides is 1. The number of rotatable bonds is 4. The first-order chi connectivity index (χ1) is 10.4. The first-order valence-electron chi connectivity index (χ1n) is 7.60. The van der Waals surface area contributed by atoms with E-state index in [0.29, 0.717) is 11.3 Å². The second-order valence-corrected chi connectivity index (χ2v) is 6.08. The number of anilines is 1. The highest BCUT2D eigenvalue weighted by Crippen LogP contribution is 2.15. The van der Waals surface area contributed by atoms with Crippen LogP contribution in [-0.2, 0) is 6.42 Å². The van der Waals surface area contributed by atoms with Crippen LogP contribution in [0.4, 0.5) is 5.69 Å². The van der Waals surface area contributed by atoms with E-state index in [9.17, 15) is 4.79 Å². The van der Waals surface area contributed by atoms with Gasteiger partial charge in [0, 0.05) is 17.3 Å². The third kappa shape index (κ3) is 3.88. The first kappa shape index (κ1) is 16.1. The molecule has 3 nitrogen and oxygen atoms in total. The highest BCUT2D eigenvalue weighted by molar-refractivity contribution is 5.96. The third-order valence-electron chi connectivity index (χ3n) is 3.91. The first-order valence-corrected chi connectivity index (χ1v) is 7.60. The number of aryl methyl sites for hydroxylation is 3. The average Bonchev–Trinajstić information content (AvgIpc) is 2.44. The molecule has 0 aliphatic carbocycles. The lowest BCUT2D eigenvalue weighted by Crippen LogP contribution is -2.34. The molecule has 22 heavy (non-hydrogen) atoms. The molecule has 2 rings (SSSR count). The summed E-state index contributed by atoms with van der Waals surface area (Å²) in [7, 11) is 0. The molecule has 0 radical (unpaired) electrons. The van der Waals surface area contributed by atoms with Crippen LogP contribution in [0.5, 0.6) is 0 Å². The van der Waals surface area contributed by atoms with E-state index in [1.165, 1.54) is 16.7 Å². The largest absolute Gasteiger partial charge is 0.399 e. The maximum absolute atomic E-state index is 12.4. The Morgan fingerprint density at radius 3 is 2.50 bits per heavy atom. The van der Waals surface area contributed by atoms with Crippen molar-refractivity contribution in [1.82, 2.24) is 5.32 Å². The summed E-state index contributed by atoms with van der Waals surface area (Å²) in [5.74, 6) is -0.0675. The molecule has 1 amide bonds. The van der Waals surface area contributed by atoms with Crippen molar-refractivity contribution < 1.29 is 4.79 Å². The predicted octanol–water partition coefficient (Wildman–Crippen LogP) is 3.56. The van der Waals surface area contributed by atoms with Gasteiger partial charge < -0.3 is 11.1 Å². The molecular weight excluding hydrogens is 272 g/mol. The normalized spacial score (nSPS) is 12.0. The average molecular weight is 296 g/mol. The second kappa shape index (κ2) is 6.65. The molecule has 0 aliphatic rings. The van der Waals surface area contributed by atoms with Gasteiger partial charge in [-0.25, -0.2) is 0 Å². The van der Waals surface area contributed by atoms with Gasteiger partial charge in [0.1, 0.15) is 0 Å². The molecule has 3 N–H and O–H groups in total. The van der Waals surface area contributed by atoms with Gasteiger partial charge in [0.15, 0.2) is 0 Å². The summed E-state index contributed by atoms with van der Waals surface area (Å²) in [6, 6.07) is 11.9. The molecule has 0 saturated carbocycles. The molecule has 0 aliphatic heterocycles. The fourth-order valence-corrected chi connectivity index (χ4v) is 2.64. The second-order valence-electron chi connectivity index (χ2n) is 6.08. The van der Waals surface area contributed by atoms with E-state index in [2.05, 4.69) is 37.4 Å². The molecule has 0 spiro atoms. The van der Waals surface area contributed by atoms with Crippen molar-refractivity contribution in [2.45, 2.75) is 40.2 Å². The zero-order chi connectivity index (χ0) is 16.3. The summed E-state index contributed by atoms with van der Waals surface area (Å²) in [6.45, 7) is 8.14. The van der Waals surface area contributed by atoms with E-state index in [4.69, 9.17) is 5.73 Å². The fraction of sp³-hybridized carbons (Fsp3) is 0.316. The number of carbonyl (C=O) groups is 1. The fourth-order valence-electron chi connectivity index (χ4n) is 2.64. The molecular formula is C19H24N2O. The lowest BCUT2D eigenvalue weighted by molar-refractivity contribution is 0.0939. The van der Waals surface area contributed by atoms with Gasteiger partial charge in [0.25, 0.3) is 5.91 Å². The van der Waals surface area contributed by atoms with Gasteiger partial charge in [0.05, 0.1) is 0 Å². The summed E-state index contributed by atoms with van der Waals surface area (Å²) in [6.07, 6.45) is 0.819. The lowest BCUT2D eigenvalue weighted by Gasteiger charge is -2.17. The molecule has 0 heterocycles. The number of nitrogens with one attached hydrogen (secondary N) is 1. The Morgan fingerprint density at radius 2 is 1.82 bits per heavy atom. The van der Waals surface area contributed by atoms with Crippen molar-refractivity contribution in [3.8, 4) is 0 Å². The van der Waals surface area contributed by atoms with Crippen molar-refractivity contribution in [3.63, 3.8) is 0 Å². The van der Waals surface area contributed by atoms with Crippen molar-refractivity contribution >= 4 is 11.6 Å². The molecule has 2 aromatic rings. The van der Waals surface area contributed by atoms with Gasteiger partial charge in [-0.05, 0) is 62.9 Å². The Balaban J connectivity index is 2.06. The van der Waals surface area contributed by atoms with Crippen LogP contribution in [0.2, 0.25) is 0 Å². The molecule has 0 bridgehead atoms. The van der Waals surface area contributed by atoms with Crippen LogP contribution in [-0.4, -0.2) is 11.9 Å². The zero-order valence-corrected chi connectivity index (χ0v) is 13.7. The number of benzene rings is 2. The van der Waals surface area contributed by atoms with E-state index < -0.39 is 0 Å². The van der Waals surface area contributed by atoms with Crippen molar-refractivity contribution in [3.05, 3.63) is 64.2 Å². The third-order valence-corrected chi connectivity index (χ3v) is 3.91. The van der Waals surface area contributed by atoms with Gasteiger partial charge in [0.2, 0.25) is 0 Å². The Hall–Kier alpha value is -2.29. The molecule has 0 aromatic heterocycles. The number of hydrogen-bond acceptors (Lipinski definition) is 2. The topological polar surface area (TPSA) is 55.1 Å². The molecule has 0 saturated heterocycles. The summed E-state index contributed by atoms with van der Waals surface area (Å²) in [5, 5.41) is 3.06. The minimum atomic E-state index is -0.0675. The summed E-state index contributed by atoms with van der Waals surface area (Å²) < 4.78 is 0. The molecule has 1 unspecified atom stereocenters. The molecule has 1 atom stereocenters. The highest BCUT2D eigenvalue weighted by Gasteiger charge is 2.13. The Bertz CT molecular complexity index is 692. The van der Waals surface area contributed by atoms with Crippen LogP contribution in [0.25, 0.3) is 0 Å². The van der Waals surface area contributed by atoms with Crippen molar-refractivity contribution in [1.29, 1.82) is 0 Å². The van der Waals surface area contributed by atoms with E-state index in [-0.39, 0.29) is 11.9 Å². The SMILES string of the molecule is Cc1ccc(CC(C)NC(=O)c2cc(N)ccc2C)c(C)c1. The van der Waals surface area contributed by atoms with Crippen LogP contribution < -0.4 is 11.1 Å². The molecule has 116 valence electrons. The van der Waals surface area contributed by atoms with Gasteiger partial charge in [-0.2, -0.15) is 0 Å². The van der Waals surface area contributed by atoms with Gasteiger partial charge in [-0.1, -0.05) is 29.8 Å². The van der Waals surface area contributed by atoms with Gasteiger partial charge in [-0.3, -0.25) is 4.79 Å². The van der Waals surface area contributed by atoms with Crippen LogP contribution in [0, 0.1) is 20.8 Å². The number of hydrogen-bond donors (Lipinski definition) is 2. The van der Waals surface area contributed by atoms with E-state index in [0.717, 1.165) is 12.0 Å². The maximum atomic E-state index is 12.4. The predicted molar refractivity (Wildman–Crippen MR) is 92.1 cm³/mol. The lowest BCUT2D eigenvalue weighted by atomic mass is 9.99. The highest BCUT2D eigenvalue weighted by atomic mass is 16.1. The van der Waals surface area contributed by atoms with Crippen LogP contribution in [0.15, 0.2) is 36.4 Å². The standard InChI is InChI=1S/C19H24N2O/c1-12-5-7-16(14(3)9-12)10-15(4)21-19(22)18-11-17(20)8-6-13(18)2/h5-9,11,15H,10,20H2,1-4H3,(H,21,22). The summed E-state index contributed by atoms with van der Waals surface area (Å²) in [4.78, 5) is 12.4. The minimum Gasteiger partial charge on any atom is -0.399 e.